The first-order chi connectivity index (χ1) is 9.56. The van der Waals surface area contributed by atoms with Gasteiger partial charge in [0.05, 0.1) is 0 Å². The van der Waals surface area contributed by atoms with Gasteiger partial charge >= 0.3 is 139 Å². The van der Waals surface area contributed by atoms with E-state index in [1.165, 1.54) is 32.1 Å². The molecule has 5 nitrogen and oxygen atoms in total. The molecule has 0 aromatic heterocycles. The Morgan fingerprint density at radius 3 is 2.45 bits per heavy atom. The number of carbonyl (C=O) groups is 1. The van der Waals surface area contributed by atoms with E-state index in [0.29, 0.717) is 5.92 Å². The number of esters is 1. The summed E-state index contributed by atoms with van der Waals surface area (Å²) in [6.45, 7) is 4.32. The predicted octanol–water partition coefficient (Wildman–Crippen LogP) is -1.22. The van der Waals surface area contributed by atoms with E-state index in [-0.39, 0.29) is 40.3 Å². The summed E-state index contributed by atoms with van der Waals surface area (Å²) in [5.41, 5.74) is -0.266. The van der Waals surface area contributed by atoms with E-state index in [9.17, 15) is 4.79 Å². The van der Waals surface area contributed by atoms with Crippen LogP contribution in [0.25, 0.3) is 0 Å². The Bertz CT molecular complexity index is 445. The van der Waals surface area contributed by atoms with Crippen LogP contribution < -0.4 is 32.1 Å². The van der Waals surface area contributed by atoms with E-state index < -0.39 is 20.4 Å². The van der Waals surface area contributed by atoms with Crippen LogP contribution in [-0.4, -0.2) is 18.8 Å². The number of hydrogen-bond acceptors (Lipinski definition) is 5. The molecule has 116 valence electrons. The molecular weight excluding hydrogens is 484 g/mol. The van der Waals surface area contributed by atoms with Gasteiger partial charge in [-0.2, -0.15) is 0 Å². The second kappa shape index (κ2) is 4.65. The molecule has 4 rings (SSSR count). The Morgan fingerprint density at radius 1 is 1.40 bits per heavy atom. The van der Waals surface area contributed by atoms with Gasteiger partial charge in [0.1, 0.15) is 0 Å². The first kappa shape index (κ1) is 14.4. The van der Waals surface area contributed by atoms with Crippen molar-refractivity contribution in [3.63, 3.8) is 0 Å². The van der Waals surface area contributed by atoms with Crippen molar-refractivity contribution in [3.05, 3.63) is 0 Å². The van der Waals surface area contributed by atoms with E-state index in [2.05, 4.69) is 24.4 Å². The van der Waals surface area contributed by atoms with Gasteiger partial charge in [-0.3, -0.25) is 0 Å². The number of nitrogens with one attached hydrogen (secondary N) is 3. The van der Waals surface area contributed by atoms with E-state index in [1.54, 1.807) is 0 Å². The number of carbonyl (C=O) groups excluding carboxylic acids is 1. The van der Waals surface area contributed by atoms with Crippen molar-refractivity contribution in [2.75, 3.05) is 0 Å². The summed E-state index contributed by atoms with van der Waals surface area (Å²) in [7, 11) is 0. The van der Waals surface area contributed by atoms with Gasteiger partial charge in [0.15, 0.2) is 0 Å². The third kappa shape index (κ3) is 1.99. The van der Waals surface area contributed by atoms with Gasteiger partial charge in [-0.1, -0.05) is 0 Å². The molecule has 3 aliphatic heterocycles. The fourth-order valence-electron chi connectivity index (χ4n) is 3.32. The fraction of sp³-hybridized carbons (Fsp3) is 0.923. The average Bonchev–Trinajstić information content (AvgIpc) is 3.30. The summed E-state index contributed by atoms with van der Waals surface area (Å²) < 4.78 is 16.2. The first-order valence-electron chi connectivity index (χ1n) is 7.47. The topological polar surface area (TPSA) is 92.1 Å². The minimum atomic E-state index is -1.09. The number of alkyl halides is 2. The Kier molecular flexibility index (Phi) is 3.35. The molecule has 4 fully saturated rings. The summed E-state index contributed by atoms with van der Waals surface area (Å²) in [4.78, 5) is 12.7. The van der Waals surface area contributed by atoms with Crippen LogP contribution >= 0.6 is 20.4 Å². The minimum absolute atomic E-state index is 0.0255. The van der Waals surface area contributed by atoms with Crippen molar-refractivity contribution in [3.8, 4) is 0 Å². The normalized spacial score (nSPS) is 39.0. The van der Waals surface area contributed by atoms with Gasteiger partial charge in [0, 0.05) is 0 Å². The van der Waals surface area contributed by atoms with E-state index >= 15 is 0 Å². The van der Waals surface area contributed by atoms with Crippen molar-refractivity contribution in [2.24, 2.45) is 5.92 Å². The molecule has 2 atom stereocenters. The van der Waals surface area contributed by atoms with E-state index in [0.717, 1.165) is 6.42 Å². The standard InChI is InChI=1S/C13H22I2N3O2/c1-3-11(2,9-7-5-4-6-8-9)20-10(19)12(14-16-12)13-15(17-13)18-13/h9,16-18H,3-8H2,1-2H3/q-1. The van der Waals surface area contributed by atoms with Gasteiger partial charge < -0.3 is 0 Å². The van der Waals surface area contributed by atoms with Crippen LogP contribution in [0.4, 0.5) is 0 Å². The number of halogens is 2. The number of hydrogen-bond donors (Lipinski definition) is 3. The maximum absolute atomic E-state index is 12.7. The first-order valence-corrected chi connectivity index (χ1v) is 12.9. The van der Waals surface area contributed by atoms with E-state index in [1.807, 2.05) is 0 Å². The second-order valence-corrected chi connectivity index (χ2v) is 13.4. The number of ether oxygens (including phenoxy) is 1. The molecule has 2 unspecified atom stereocenters. The van der Waals surface area contributed by atoms with Crippen LogP contribution in [-0.2, 0) is 9.53 Å². The van der Waals surface area contributed by atoms with Gasteiger partial charge in [-0.05, 0) is 0 Å². The van der Waals surface area contributed by atoms with E-state index in [4.69, 9.17) is 4.74 Å². The molecule has 0 spiro atoms. The molecule has 20 heavy (non-hydrogen) atoms. The summed E-state index contributed by atoms with van der Waals surface area (Å²) in [6, 6.07) is 0. The summed E-state index contributed by atoms with van der Waals surface area (Å²) in [5, 5.41) is 0. The monoisotopic (exact) mass is 506 g/mol. The van der Waals surface area contributed by atoms with Crippen LogP contribution in [0.1, 0.15) is 52.4 Å². The zero-order chi connectivity index (χ0) is 14.0. The molecule has 7 heteroatoms. The van der Waals surface area contributed by atoms with Crippen molar-refractivity contribution >= 4 is 26.3 Å². The third-order valence-electron chi connectivity index (χ3n) is 5.20. The van der Waals surface area contributed by atoms with Crippen LogP contribution in [0.5, 0.6) is 0 Å². The second-order valence-electron chi connectivity index (χ2n) is 6.37. The Balaban J connectivity index is 1.47. The molecule has 0 bridgehead atoms. The van der Waals surface area contributed by atoms with Crippen molar-refractivity contribution in [2.45, 2.75) is 65.2 Å². The Labute approximate surface area is 138 Å². The molecular formula is C13H22I2N3O2-. The molecule has 4 aliphatic rings. The van der Waals surface area contributed by atoms with Gasteiger partial charge in [-0.15, -0.1) is 0 Å². The zero-order valence-electron chi connectivity index (χ0n) is 11.9. The molecule has 0 aromatic carbocycles. The third-order valence-corrected chi connectivity index (χ3v) is 13.7. The summed E-state index contributed by atoms with van der Waals surface area (Å²) in [6.07, 6.45) is 7.27. The molecule has 3 N–H and O–H groups in total. The van der Waals surface area contributed by atoms with Crippen LogP contribution in [0.2, 0.25) is 0 Å². The van der Waals surface area contributed by atoms with Crippen LogP contribution in [0.3, 0.4) is 0 Å². The van der Waals surface area contributed by atoms with Crippen molar-refractivity contribution in [1.29, 1.82) is 0 Å². The van der Waals surface area contributed by atoms with Crippen molar-refractivity contribution in [1.82, 2.24) is 10.6 Å². The zero-order valence-corrected chi connectivity index (χ0v) is 16.2. The summed E-state index contributed by atoms with van der Waals surface area (Å²) >= 11 is -1.31. The number of fused-ring (bicyclic) bond motifs is 1. The average molecular weight is 506 g/mol. The molecule has 3 saturated heterocycles. The molecule has 1 aliphatic carbocycles. The van der Waals surface area contributed by atoms with Gasteiger partial charge in [-0.25, -0.2) is 0 Å². The molecule has 3 heterocycles. The van der Waals surface area contributed by atoms with Crippen molar-refractivity contribution < 1.29 is 31.0 Å². The molecule has 0 aromatic rings. The molecule has 1 saturated carbocycles. The van der Waals surface area contributed by atoms with Gasteiger partial charge in [0.25, 0.3) is 0 Å². The number of rotatable bonds is 5. The summed E-state index contributed by atoms with van der Waals surface area (Å²) in [5.74, 6) is 0.572. The SMILES string of the molecule is CCC(C)(OC(=O)C1(C23NI2N3)N[I-]1)C1CCCCC1. The maximum atomic E-state index is 12.7. The quantitative estimate of drug-likeness (QED) is 0.109. The Hall–Kier alpha value is 0.810. The molecule has 0 radical (unpaired) electrons. The van der Waals surface area contributed by atoms with Crippen LogP contribution in [0.15, 0.2) is 0 Å². The molecule has 0 amide bonds. The van der Waals surface area contributed by atoms with Gasteiger partial charge in [0.2, 0.25) is 0 Å². The van der Waals surface area contributed by atoms with Crippen LogP contribution in [0, 0.1) is 5.92 Å². The predicted molar refractivity (Wildman–Crippen MR) is 80.3 cm³/mol. The Morgan fingerprint density at radius 2 is 2.00 bits per heavy atom. The fourth-order valence-corrected chi connectivity index (χ4v) is 13.3.